The molecule has 1 amide bonds. The highest BCUT2D eigenvalue weighted by Crippen LogP contribution is 2.15. The van der Waals surface area contributed by atoms with Crippen LogP contribution in [-0.4, -0.2) is 24.0 Å². The molecule has 0 spiro atoms. The lowest BCUT2D eigenvalue weighted by Gasteiger charge is -2.21. The topological polar surface area (TPSA) is 54.0 Å². The minimum absolute atomic E-state index is 0. The molecule has 0 radical (unpaired) electrons. The Morgan fingerprint density at radius 3 is 2.78 bits per heavy atom. The molecule has 1 fully saturated rings. The summed E-state index contributed by atoms with van der Waals surface area (Å²) >= 11 is 1.56. The van der Waals surface area contributed by atoms with Gasteiger partial charge in [0.05, 0.1) is 17.7 Å². The quantitative estimate of drug-likeness (QED) is 0.894. The smallest absolute Gasteiger partial charge is 0.220 e. The highest BCUT2D eigenvalue weighted by Gasteiger charge is 2.16. The van der Waals surface area contributed by atoms with E-state index in [1.54, 1.807) is 16.8 Å². The van der Waals surface area contributed by atoms with E-state index in [-0.39, 0.29) is 30.7 Å². The Morgan fingerprint density at radius 1 is 1.44 bits per heavy atom. The number of piperidine rings is 1. The van der Waals surface area contributed by atoms with Crippen molar-refractivity contribution in [1.82, 2.24) is 15.6 Å². The fourth-order valence-corrected chi connectivity index (χ4v) is 2.49. The highest BCUT2D eigenvalue weighted by atomic mass is 35.5. The van der Waals surface area contributed by atoms with Crippen LogP contribution in [-0.2, 0) is 11.3 Å². The van der Waals surface area contributed by atoms with Gasteiger partial charge in [0, 0.05) is 11.8 Å². The second-order valence-electron chi connectivity index (χ2n) is 4.15. The van der Waals surface area contributed by atoms with Crippen molar-refractivity contribution in [2.45, 2.75) is 25.8 Å². The van der Waals surface area contributed by atoms with Gasteiger partial charge in [0.2, 0.25) is 5.91 Å². The van der Waals surface area contributed by atoms with E-state index in [4.69, 9.17) is 0 Å². The van der Waals surface area contributed by atoms with Gasteiger partial charge in [-0.2, -0.15) is 0 Å². The molecule has 1 aliphatic rings. The molecule has 2 rings (SSSR count). The van der Waals surface area contributed by atoms with Crippen molar-refractivity contribution in [2.75, 3.05) is 13.1 Å². The van der Waals surface area contributed by atoms with Crippen LogP contribution in [0.25, 0.3) is 0 Å². The number of aromatic nitrogens is 1. The molecule has 1 aliphatic heterocycles. The number of nitrogens with zero attached hydrogens (tertiary/aromatic N) is 1. The first kappa shape index (κ1) is 17.6. The molecule has 0 aromatic carbocycles. The van der Waals surface area contributed by atoms with Crippen LogP contribution in [0.15, 0.2) is 10.9 Å². The highest BCUT2D eigenvalue weighted by molar-refractivity contribution is 7.07. The molecule has 1 aromatic rings. The van der Waals surface area contributed by atoms with Crippen LogP contribution in [0.1, 0.15) is 25.0 Å². The summed E-state index contributed by atoms with van der Waals surface area (Å²) in [7, 11) is 0. The molecule has 2 heterocycles. The van der Waals surface area contributed by atoms with Crippen molar-refractivity contribution in [1.29, 1.82) is 0 Å². The summed E-state index contributed by atoms with van der Waals surface area (Å²) in [6, 6.07) is 0. The molecule has 18 heavy (non-hydrogen) atoms. The maximum atomic E-state index is 11.7. The average molecular weight is 312 g/mol. The Hall–Kier alpha value is -0.360. The molecule has 1 aromatic heterocycles. The molecule has 4 nitrogen and oxygen atoms in total. The first-order valence-electron chi connectivity index (χ1n) is 5.69. The van der Waals surface area contributed by atoms with Gasteiger partial charge in [0.1, 0.15) is 0 Å². The average Bonchev–Trinajstić information content (AvgIpc) is 2.81. The number of rotatable bonds is 4. The van der Waals surface area contributed by atoms with Crippen LogP contribution in [0, 0.1) is 5.92 Å². The van der Waals surface area contributed by atoms with E-state index in [9.17, 15) is 4.79 Å². The van der Waals surface area contributed by atoms with E-state index in [0.717, 1.165) is 31.6 Å². The number of thiazole rings is 1. The summed E-state index contributed by atoms with van der Waals surface area (Å²) in [5, 5.41) is 8.18. The van der Waals surface area contributed by atoms with Gasteiger partial charge in [0.15, 0.2) is 0 Å². The summed E-state index contributed by atoms with van der Waals surface area (Å²) in [4.78, 5) is 15.8. The maximum Gasteiger partial charge on any atom is 0.220 e. The Bertz CT molecular complexity index is 329. The second kappa shape index (κ2) is 9.55. The minimum Gasteiger partial charge on any atom is -0.350 e. The van der Waals surface area contributed by atoms with Gasteiger partial charge in [-0.15, -0.1) is 36.2 Å². The molecule has 0 bridgehead atoms. The molecule has 104 valence electrons. The first-order valence-corrected chi connectivity index (χ1v) is 6.63. The molecule has 7 heteroatoms. The third kappa shape index (κ3) is 6.00. The second-order valence-corrected chi connectivity index (χ2v) is 4.87. The molecule has 0 aliphatic carbocycles. The summed E-state index contributed by atoms with van der Waals surface area (Å²) in [5.41, 5.74) is 2.73. The maximum absolute atomic E-state index is 11.7. The largest absolute Gasteiger partial charge is 0.350 e. The normalized spacial score (nSPS) is 15.3. The van der Waals surface area contributed by atoms with E-state index in [1.165, 1.54) is 0 Å². The zero-order chi connectivity index (χ0) is 11.2. The molecule has 0 saturated carbocycles. The van der Waals surface area contributed by atoms with Crippen LogP contribution in [0.5, 0.6) is 0 Å². The summed E-state index contributed by atoms with van der Waals surface area (Å²) in [5.74, 6) is 0.705. The van der Waals surface area contributed by atoms with Crippen LogP contribution in [0.2, 0.25) is 0 Å². The Labute approximate surface area is 124 Å². The van der Waals surface area contributed by atoms with E-state index in [1.807, 2.05) is 5.38 Å². The van der Waals surface area contributed by atoms with Gasteiger partial charge in [-0.1, -0.05) is 0 Å². The summed E-state index contributed by atoms with van der Waals surface area (Å²) in [6.07, 6.45) is 2.89. The lowest BCUT2D eigenvalue weighted by atomic mass is 9.94. The minimum atomic E-state index is 0. The number of nitrogens with one attached hydrogen (secondary N) is 2. The number of carbonyl (C=O) groups is 1. The molecular formula is C11H19Cl2N3OS. The third-order valence-electron chi connectivity index (χ3n) is 2.88. The summed E-state index contributed by atoms with van der Waals surface area (Å²) < 4.78 is 0. The number of hydrogen-bond donors (Lipinski definition) is 2. The van der Waals surface area contributed by atoms with E-state index < -0.39 is 0 Å². The fraction of sp³-hybridized carbons (Fsp3) is 0.636. The predicted octanol–water partition coefficient (Wildman–Crippen LogP) is 1.99. The monoisotopic (exact) mass is 311 g/mol. The SMILES string of the molecule is Cl.Cl.O=C(CC1CCNCC1)NCc1cscn1. The van der Waals surface area contributed by atoms with Gasteiger partial charge in [-0.05, 0) is 31.8 Å². The standard InChI is InChI=1S/C11H17N3OS.2ClH/c15-11(5-9-1-3-12-4-2-9)13-6-10-7-16-8-14-10;;/h7-9,12H,1-6H2,(H,13,15);2*1H. The van der Waals surface area contributed by atoms with Gasteiger partial charge < -0.3 is 10.6 Å². The van der Waals surface area contributed by atoms with Crippen molar-refractivity contribution in [3.63, 3.8) is 0 Å². The van der Waals surface area contributed by atoms with Crippen molar-refractivity contribution in [3.8, 4) is 0 Å². The Morgan fingerprint density at radius 2 is 2.17 bits per heavy atom. The van der Waals surface area contributed by atoms with Gasteiger partial charge in [-0.3, -0.25) is 4.79 Å². The van der Waals surface area contributed by atoms with Crippen molar-refractivity contribution in [3.05, 3.63) is 16.6 Å². The van der Waals surface area contributed by atoms with Gasteiger partial charge >= 0.3 is 0 Å². The molecular weight excluding hydrogens is 293 g/mol. The fourth-order valence-electron chi connectivity index (χ4n) is 1.93. The van der Waals surface area contributed by atoms with Gasteiger partial charge in [0.25, 0.3) is 0 Å². The van der Waals surface area contributed by atoms with Crippen LogP contribution < -0.4 is 10.6 Å². The van der Waals surface area contributed by atoms with E-state index in [0.29, 0.717) is 18.9 Å². The molecule has 2 N–H and O–H groups in total. The van der Waals surface area contributed by atoms with Crippen molar-refractivity contribution >= 4 is 42.1 Å². The van der Waals surface area contributed by atoms with E-state index >= 15 is 0 Å². The Kier molecular flexibility index (Phi) is 9.36. The van der Waals surface area contributed by atoms with Crippen molar-refractivity contribution in [2.24, 2.45) is 5.92 Å². The van der Waals surface area contributed by atoms with Crippen molar-refractivity contribution < 1.29 is 4.79 Å². The molecule has 0 unspecified atom stereocenters. The first-order chi connectivity index (χ1) is 7.84. The Balaban J connectivity index is 0.00000144. The van der Waals surface area contributed by atoms with E-state index in [2.05, 4.69) is 15.6 Å². The number of hydrogen-bond acceptors (Lipinski definition) is 4. The van der Waals surface area contributed by atoms with Crippen LogP contribution in [0.4, 0.5) is 0 Å². The zero-order valence-corrected chi connectivity index (χ0v) is 12.5. The molecule has 0 atom stereocenters. The number of amides is 1. The lowest BCUT2D eigenvalue weighted by Crippen LogP contribution is -2.32. The lowest BCUT2D eigenvalue weighted by molar-refractivity contribution is -0.122. The number of carbonyl (C=O) groups excluding carboxylic acids is 1. The predicted molar refractivity (Wildman–Crippen MR) is 78.7 cm³/mol. The number of halogens is 2. The summed E-state index contributed by atoms with van der Waals surface area (Å²) in [6.45, 7) is 2.65. The van der Waals surface area contributed by atoms with Crippen LogP contribution in [0.3, 0.4) is 0 Å². The zero-order valence-electron chi connectivity index (χ0n) is 10.1. The van der Waals surface area contributed by atoms with Gasteiger partial charge in [-0.25, -0.2) is 4.98 Å². The van der Waals surface area contributed by atoms with Crippen LogP contribution >= 0.6 is 36.2 Å². The molecule has 1 saturated heterocycles. The third-order valence-corrected chi connectivity index (χ3v) is 3.52.